The van der Waals surface area contributed by atoms with Gasteiger partial charge in [0.05, 0.1) is 17.9 Å². The number of benzene rings is 2. The number of azide groups is 1. The molecular weight excluding hydrogens is 663 g/mol. The zero-order valence-electron chi connectivity index (χ0n) is 27.3. The lowest BCUT2D eigenvalue weighted by molar-refractivity contribution is -0.137. The topological polar surface area (TPSA) is 148 Å². The number of nitrogens with zero attached hydrogens (tertiary/aromatic N) is 7. The van der Waals surface area contributed by atoms with Gasteiger partial charge in [0.25, 0.3) is 11.8 Å². The Balaban J connectivity index is 1.48. The molecule has 0 aliphatic carbocycles. The molecule has 12 nitrogen and oxygen atoms in total. The van der Waals surface area contributed by atoms with Gasteiger partial charge in [-0.1, -0.05) is 23.0 Å². The number of hydrogen-bond donors (Lipinski definition) is 0. The fraction of sp³-hybridized carbons (Fsp3) is 0.485. The number of sulfonamides is 1. The second-order valence-electron chi connectivity index (χ2n) is 12.3. The highest BCUT2D eigenvalue weighted by Gasteiger charge is 2.50. The summed E-state index contributed by atoms with van der Waals surface area (Å²) in [5, 5.41) is 3.70. The van der Waals surface area contributed by atoms with Crippen LogP contribution >= 0.6 is 0 Å². The quantitative estimate of drug-likeness (QED) is 0.185. The molecule has 2 aromatic rings. The summed E-state index contributed by atoms with van der Waals surface area (Å²) >= 11 is 0. The molecule has 5 aliphatic rings. The fourth-order valence-electron chi connectivity index (χ4n) is 6.17. The number of halogens is 3. The Labute approximate surface area is 282 Å². The Bertz CT molecular complexity index is 1890. The summed E-state index contributed by atoms with van der Waals surface area (Å²) in [6.07, 6.45) is -4.04. The van der Waals surface area contributed by atoms with Crippen LogP contribution in [0.15, 0.2) is 46.5 Å². The zero-order chi connectivity index (χ0) is 35.6. The minimum atomic E-state index is -4.72. The summed E-state index contributed by atoms with van der Waals surface area (Å²) in [7, 11) is -0.691. The second-order valence-corrected chi connectivity index (χ2v) is 14.4. The van der Waals surface area contributed by atoms with E-state index in [1.807, 2.05) is 0 Å². The molecule has 7 rings (SSSR count). The maximum Gasteiger partial charge on any atom is 0.416 e. The van der Waals surface area contributed by atoms with Crippen molar-refractivity contribution in [1.29, 1.82) is 0 Å². The second kappa shape index (κ2) is 14.1. The summed E-state index contributed by atoms with van der Waals surface area (Å²) in [6.45, 7) is 1.99. The first kappa shape index (κ1) is 35.7. The van der Waals surface area contributed by atoms with Gasteiger partial charge in [0.2, 0.25) is 10.0 Å². The molecule has 0 N–H and O–H groups in total. The van der Waals surface area contributed by atoms with E-state index < -0.39 is 39.3 Å². The molecule has 2 amide bonds. The lowest BCUT2D eigenvalue weighted by atomic mass is 9.89. The summed E-state index contributed by atoms with van der Waals surface area (Å²) in [5.74, 6) is 4.73. The van der Waals surface area contributed by atoms with E-state index in [4.69, 9.17) is 10.3 Å². The van der Waals surface area contributed by atoms with Crippen molar-refractivity contribution in [3.63, 3.8) is 0 Å². The minimum absolute atomic E-state index is 0.0238. The largest absolute Gasteiger partial charge is 0.493 e. The molecule has 0 aromatic heterocycles. The molecule has 2 aromatic carbocycles. The van der Waals surface area contributed by atoms with Crippen molar-refractivity contribution in [1.82, 2.24) is 14.1 Å². The van der Waals surface area contributed by atoms with Gasteiger partial charge in [-0.15, -0.1) is 0 Å². The van der Waals surface area contributed by atoms with Crippen molar-refractivity contribution >= 4 is 27.7 Å². The molecule has 7 bridgehead atoms. The fourth-order valence-corrected chi connectivity index (χ4v) is 7.65. The number of amidine groups is 1. The highest BCUT2D eigenvalue weighted by molar-refractivity contribution is 7.89. The van der Waals surface area contributed by atoms with Crippen LogP contribution in [0.5, 0.6) is 5.75 Å². The smallest absolute Gasteiger partial charge is 0.416 e. The van der Waals surface area contributed by atoms with E-state index in [9.17, 15) is 31.2 Å². The summed E-state index contributed by atoms with van der Waals surface area (Å²) in [4.78, 5) is 36.8. The van der Waals surface area contributed by atoms with Crippen molar-refractivity contribution in [2.75, 3.05) is 46.1 Å². The Morgan fingerprint density at radius 1 is 1.08 bits per heavy atom. The van der Waals surface area contributed by atoms with Crippen LogP contribution in [0.3, 0.4) is 0 Å². The van der Waals surface area contributed by atoms with E-state index >= 15 is 0 Å². The Morgan fingerprint density at radius 3 is 2.49 bits per heavy atom. The van der Waals surface area contributed by atoms with Crippen LogP contribution in [-0.2, 0) is 27.4 Å². The number of likely N-dealkylation sites (N-methyl/N-ethyl adjacent to an activating group) is 1. The average molecular weight is 700 g/mol. The first-order valence-electron chi connectivity index (χ1n) is 15.7. The highest BCUT2D eigenvalue weighted by Crippen LogP contribution is 2.38. The number of aliphatic imine (C=N–C) groups is 1. The van der Waals surface area contributed by atoms with E-state index in [0.717, 1.165) is 23.3 Å². The predicted octanol–water partition coefficient (Wildman–Crippen LogP) is 4.57. The monoisotopic (exact) mass is 699 g/mol. The number of piperidine rings is 1. The van der Waals surface area contributed by atoms with Gasteiger partial charge >= 0.3 is 6.18 Å². The normalized spacial score (nSPS) is 24.8. The summed E-state index contributed by atoms with van der Waals surface area (Å²) < 4.78 is 75.6. The number of carbonyl (C=O) groups is 2. The Kier molecular flexibility index (Phi) is 10.3. The van der Waals surface area contributed by atoms with Gasteiger partial charge in [0, 0.05) is 56.2 Å². The SMILES string of the molecule is Cc1cc2ccc1CCS(=O)(=O)N1CCC3(CC1)N=C(c1cc(cc(C(F)(F)F)c1)OCCC#C[C@H](N=[N+]=[N-])CCN(C)C2=O)N(C)C3=O. The van der Waals surface area contributed by atoms with Crippen LogP contribution < -0.4 is 4.74 Å². The number of ether oxygens (including phenoxy) is 1. The minimum Gasteiger partial charge on any atom is -0.493 e. The van der Waals surface area contributed by atoms with Gasteiger partial charge in [-0.2, -0.15) is 13.2 Å². The number of alkyl halides is 3. The lowest BCUT2D eigenvalue weighted by Gasteiger charge is -2.35. The molecule has 16 heteroatoms. The third-order valence-corrected chi connectivity index (χ3v) is 10.9. The third kappa shape index (κ3) is 7.85. The van der Waals surface area contributed by atoms with Crippen molar-refractivity contribution < 1.29 is 35.9 Å². The van der Waals surface area contributed by atoms with Gasteiger partial charge in [0.1, 0.15) is 23.2 Å². The maximum absolute atomic E-state index is 13.9. The Morgan fingerprint density at radius 2 is 1.82 bits per heavy atom. The number of hydrogen-bond acceptors (Lipinski definition) is 7. The van der Waals surface area contributed by atoms with Crippen LogP contribution in [0.4, 0.5) is 13.2 Å². The molecule has 5 aliphatic heterocycles. The molecule has 260 valence electrons. The van der Waals surface area contributed by atoms with Crippen LogP contribution in [0.1, 0.15) is 58.3 Å². The van der Waals surface area contributed by atoms with Crippen molar-refractivity contribution in [2.45, 2.75) is 56.8 Å². The predicted molar refractivity (Wildman–Crippen MR) is 175 cm³/mol. The molecule has 1 saturated heterocycles. The molecule has 0 saturated carbocycles. The van der Waals surface area contributed by atoms with E-state index in [-0.39, 0.29) is 87.2 Å². The van der Waals surface area contributed by atoms with Crippen LogP contribution in [0.2, 0.25) is 0 Å². The molecule has 49 heavy (non-hydrogen) atoms. The first-order valence-corrected chi connectivity index (χ1v) is 17.3. The molecule has 0 unspecified atom stereocenters. The maximum atomic E-state index is 13.9. The van der Waals surface area contributed by atoms with Crippen molar-refractivity contribution in [2.24, 2.45) is 10.1 Å². The van der Waals surface area contributed by atoms with E-state index in [2.05, 4.69) is 26.9 Å². The summed E-state index contributed by atoms with van der Waals surface area (Å²) in [5.41, 5.74) is 8.70. The average Bonchev–Trinajstić information content (AvgIpc) is 3.30. The molecule has 0 radical (unpaired) electrons. The van der Waals surface area contributed by atoms with E-state index in [0.29, 0.717) is 5.56 Å². The lowest BCUT2D eigenvalue weighted by Crippen LogP contribution is -2.51. The highest BCUT2D eigenvalue weighted by atomic mass is 32.2. The first-order chi connectivity index (χ1) is 23.1. The number of rotatable bonds is 1. The number of fused-ring (bicyclic) bond motifs is 2. The van der Waals surface area contributed by atoms with Crippen molar-refractivity contribution in [3.05, 3.63) is 74.7 Å². The number of carbonyl (C=O) groups excluding carboxylic acids is 2. The molecule has 1 atom stereocenters. The molecule has 1 fully saturated rings. The van der Waals surface area contributed by atoms with Crippen LogP contribution in [-0.4, -0.2) is 97.8 Å². The van der Waals surface area contributed by atoms with Gasteiger partial charge in [-0.05, 0) is 79.6 Å². The standard InChI is InChI=1S/C33H36F3N7O5S/c1-22-18-24-8-7-23(22)10-17-49(46,47)43-14-11-32(12-15-43)31(45)42(3)29(38-32)25-19-26(33(34,35)36)21-28(20-25)48-16-5-4-6-27(39-40-37)9-13-41(2)30(24)44/h7-8,18-21,27H,5,9-17H2,1-3H3/t27-/m0/s1. The zero-order valence-corrected chi connectivity index (χ0v) is 28.1. The van der Waals surface area contributed by atoms with Gasteiger partial charge < -0.3 is 9.64 Å². The van der Waals surface area contributed by atoms with Crippen LogP contribution in [0.25, 0.3) is 10.4 Å². The molecule has 1 spiro atoms. The molecule has 5 heterocycles. The summed E-state index contributed by atoms with van der Waals surface area (Å²) in [6, 6.07) is 7.47. The van der Waals surface area contributed by atoms with Gasteiger partial charge in [-0.3, -0.25) is 19.5 Å². The van der Waals surface area contributed by atoms with Crippen molar-refractivity contribution in [3.8, 4) is 17.6 Å². The van der Waals surface area contributed by atoms with Crippen LogP contribution in [0, 0.1) is 18.8 Å². The van der Waals surface area contributed by atoms with Gasteiger partial charge in [0.15, 0.2) is 0 Å². The Hall–Kier alpha value is -4.58. The number of amides is 2. The van der Waals surface area contributed by atoms with E-state index in [1.54, 1.807) is 32.2 Å². The van der Waals surface area contributed by atoms with E-state index in [1.165, 1.54) is 27.2 Å². The number of aryl methyl sites for hydroxylation is 2. The van der Waals surface area contributed by atoms with Gasteiger partial charge in [-0.25, -0.2) is 12.7 Å². The third-order valence-electron chi connectivity index (χ3n) is 9.03. The molecular formula is C33H36F3N7O5S.